The summed E-state index contributed by atoms with van der Waals surface area (Å²) in [6.45, 7) is 6.96. The number of aliphatic carboxylic acids is 3. The van der Waals surface area contributed by atoms with Crippen LogP contribution in [0.15, 0.2) is 36.4 Å². The number of phenols is 1. The number of para-hydroxylation sites is 1. The monoisotopic (exact) mass is 842 g/mol. The number of benzene rings is 2. The number of likely N-dealkylation sites (tertiary alicyclic amines) is 1. The highest BCUT2D eigenvalue weighted by Gasteiger charge is 2.73. The van der Waals surface area contributed by atoms with Crippen molar-refractivity contribution in [1.29, 1.82) is 0 Å². The molecule has 4 heterocycles. The number of aromatic hydroxyl groups is 1. The lowest BCUT2D eigenvalue weighted by Gasteiger charge is -2.63. The molecule has 0 amide bonds. The lowest BCUT2D eigenvalue weighted by molar-refractivity contribution is -0.173. The predicted octanol–water partition coefficient (Wildman–Crippen LogP) is 3.08. The zero-order chi connectivity index (χ0) is 42.5. The number of unbranched alkanes of at least 4 members (excludes halogenated alkanes) is 3. The Hall–Kier alpha value is -4.25. The van der Waals surface area contributed by atoms with Crippen LogP contribution in [0, 0.1) is 5.92 Å². The fourth-order valence-corrected chi connectivity index (χ4v) is 11.9. The average molecular weight is 843 g/mol. The van der Waals surface area contributed by atoms with Gasteiger partial charge in [-0.15, -0.1) is 0 Å². The molecule has 5 N–H and O–H groups in total. The number of aryl methyl sites for hydroxylation is 1. The number of ether oxygens (including phenoxy) is 1. The largest absolute Gasteiger partial charge is 0.504 e. The Morgan fingerprint density at radius 3 is 1.92 bits per heavy atom. The molecule has 330 valence electrons. The number of fused-ring (bicyclic) bond motifs is 4. The predicted molar refractivity (Wildman–Crippen MR) is 227 cm³/mol. The first-order chi connectivity index (χ1) is 29.4. The van der Waals surface area contributed by atoms with Crippen LogP contribution < -0.4 is 4.74 Å². The van der Waals surface area contributed by atoms with Gasteiger partial charge in [-0.3, -0.25) is 34.0 Å². The van der Waals surface area contributed by atoms with E-state index in [1.54, 1.807) is 11.0 Å². The van der Waals surface area contributed by atoms with Gasteiger partial charge >= 0.3 is 17.9 Å². The molecular formula is C46H62N6O9. The van der Waals surface area contributed by atoms with Crippen molar-refractivity contribution >= 4 is 28.8 Å². The summed E-state index contributed by atoms with van der Waals surface area (Å²) in [6, 6.07) is 12.4. The van der Waals surface area contributed by atoms with Crippen molar-refractivity contribution in [2.75, 3.05) is 91.6 Å². The van der Waals surface area contributed by atoms with Crippen LogP contribution in [0.25, 0.3) is 10.9 Å². The van der Waals surface area contributed by atoms with Gasteiger partial charge in [-0.05, 0) is 80.8 Å². The van der Waals surface area contributed by atoms with Crippen LogP contribution in [0.2, 0.25) is 0 Å². The molecule has 2 bridgehead atoms. The summed E-state index contributed by atoms with van der Waals surface area (Å²) in [4.78, 5) is 45.4. The molecule has 0 unspecified atom stereocenters. The topological polar surface area (TPSA) is 183 Å². The van der Waals surface area contributed by atoms with Crippen molar-refractivity contribution in [2.24, 2.45) is 5.92 Å². The van der Waals surface area contributed by atoms with Gasteiger partial charge in [-0.1, -0.05) is 37.1 Å². The first kappa shape index (κ1) is 42.1. The second kappa shape index (κ2) is 17.1. The van der Waals surface area contributed by atoms with Crippen LogP contribution in [0.3, 0.4) is 0 Å². The minimum absolute atomic E-state index is 0.0165. The maximum atomic E-state index is 13.3. The number of hydrogen-bond donors (Lipinski definition) is 5. The van der Waals surface area contributed by atoms with Crippen LogP contribution >= 0.6 is 0 Å². The molecule has 1 saturated carbocycles. The van der Waals surface area contributed by atoms with E-state index in [0.29, 0.717) is 70.4 Å². The summed E-state index contributed by atoms with van der Waals surface area (Å²) >= 11 is 0. The Kier molecular flexibility index (Phi) is 11.8. The third kappa shape index (κ3) is 8.02. The minimum Gasteiger partial charge on any atom is -0.504 e. The van der Waals surface area contributed by atoms with Gasteiger partial charge in [0.05, 0.1) is 36.3 Å². The highest BCUT2D eigenvalue weighted by Crippen LogP contribution is 2.69. The van der Waals surface area contributed by atoms with E-state index >= 15 is 0 Å². The fourth-order valence-electron chi connectivity index (χ4n) is 11.9. The van der Waals surface area contributed by atoms with Gasteiger partial charge in [0.1, 0.15) is 0 Å². The fraction of sp³-hybridized carbons (Fsp3) is 0.630. The van der Waals surface area contributed by atoms with Crippen LogP contribution in [0.1, 0.15) is 73.4 Å². The van der Waals surface area contributed by atoms with Gasteiger partial charge in [-0.25, -0.2) is 0 Å². The number of piperidine rings is 1. The molecule has 4 atom stereocenters. The average Bonchev–Trinajstić information content (AvgIpc) is 3.89. The van der Waals surface area contributed by atoms with Gasteiger partial charge in [0, 0.05) is 94.4 Å². The van der Waals surface area contributed by atoms with Crippen molar-refractivity contribution in [3.8, 4) is 11.5 Å². The number of hydrogen-bond acceptors (Lipinski definition) is 11. The summed E-state index contributed by atoms with van der Waals surface area (Å²) < 4.78 is 9.44. The van der Waals surface area contributed by atoms with Crippen molar-refractivity contribution in [3.63, 3.8) is 0 Å². The van der Waals surface area contributed by atoms with Crippen LogP contribution in [0.5, 0.6) is 11.5 Å². The Labute approximate surface area is 357 Å². The van der Waals surface area contributed by atoms with Gasteiger partial charge in [0.2, 0.25) is 0 Å². The van der Waals surface area contributed by atoms with Gasteiger partial charge in [-0.2, -0.15) is 0 Å². The quantitative estimate of drug-likeness (QED) is 0.141. The highest BCUT2D eigenvalue weighted by molar-refractivity contribution is 5.87. The molecule has 3 aliphatic heterocycles. The van der Waals surface area contributed by atoms with Gasteiger partial charge < -0.3 is 39.7 Å². The Bertz CT molecular complexity index is 2110. The zero-order valence-electron chi connectivity index (χ0n) is 35.2. The molecule has 15 nitrogen and oxygen atoms in total. The standard InChI is InChI=1S/C46H62N6O9/c53-36-12-11-32-25-37-46(60)26-34-33-7-3-4-8-35(33)52(42(34)44-45(46,41(32)43(36)61-44)13-16-51(37)27-31-9-10-31)15-6-2-1-5-14-47-17-19-48(28-38(54)55)21-23-50(30-40(58)59)24-22-49(20-18-47)29-39(56)57/h3-4,7-8,11-12,31,37,44,53,60H,1-2,5-6,9-10,13-30H2,(H,54,55)(H,56,57)(H,58,59)/t37-,44+,45+,46-/m1/s1. The second-order valence-corrected chi connectivity index (χ2v) is 18.7. The van der Waals surface area contributed by atoms with Crippen LogP contribution in [-0.4, -0.2) is 176 Å². The molecule has 15 heteroatoms. The van der Waals surface area contributed by atoms with E-state index in [4.69, 9.17) is 4.74 Å². The lowest BCUT2D eigenvalue weighted by atomic mass is 9.49. The molecule has 3 fully saturated rings. The number of carbonyl (C=O) groups is 3. The first-order valence-corrected chi connectivity index (χ1v) is 22.6. The maximum Gasteiger partial charge on any atom is 0.317 e. The van der Waals surface area contributed by atoms with E-state index in [1.165, 1.54) is 29.4 Å². The van der Waals surface area contributed by atoms with E-state index in [2.05, 4.69) is 44.7 Å². The molecule has 0 radical (unpaired) electrons. The SMILES string of the molecule is O=C(O)CN1CCN(CCCCCCn2c3c(c4ccccc42)C[C@@]2(O)[C@H]4Cc5ccc(O)c6c5[C@@]2(CCN4CC2CC2)[C@H]3O6)CCN(CC(=O)O)CCN(CC(=O)O)CC1. The van der Waals surface area contributed by atoms with E-state index in [1.807, 2.05) is 9.80 Å². The molecule has 1 aromatic heterocycles. The third-order valence-electron chi connectivity index (χ3n) is 14.9. The Balaban J connectivity index is 0.897. The molecule has 3 aliphatic carbocycles. The number of phenolic OH excluding ortho intramolecular Hbond substituents is 1. The first-order valence-electron chi connectivity index (χ1n) is 22.6. The summed E-state index contributed by atoms with van der Waals surface area (Å²) in [7, 11) is 0. The van der Waals surface area contributed by atoms with Crippen LogP contribution in [-0.2, 0) is 39.2 Å². The van der Waals surface area contributed by atoms with E-state index in [0.717, 1.165) is 81.5 Å². The highest BCUT2D eigenvalue weighted by atomic mass is 16.5. The second-order valence-electron chi connectivity index (χ2n) is 18.7. The molecule has 61 heavy (non-hydrogen) atoms. The third-order valence-corrected chi connectivity index (χ3v) is 14.9. The lowest BCUT2D eigenvalue weighted by Crippen LogP contribution is -2.74. The molecule has 6 aliphatic rings. The molecule has 9 rings (SSSR count). The number of nitrogens with zero attached hydrogens (tertiary/aromatic N) is 6. The summed E-state index contributed by atoms with van der Waals surface area (Å²) in [5.74, 6) is -1.40. The summed E-state index contributed by atoms with van der Waals surface area (Å²) in [5, 5.41) is 54.5. The maximum absolute atomic E-state index is 13.3. The molecular weight excluding hydrogens is 781 g/mol. The van der Waals surface area contributed by atoms with Crippen molar-refractivity contribution < 1.29 is 44.7 Å². The van der Waals surface area contributed by atoms with Gasteiger partial charge in [0.15, 0.2) is 17.6 Å². The van der Waals surface area contributed by atoms with Crippen LogP contribution in [0.4, 0.5) is 0 Å². The Morgan fingerprint density at radius 1 is 0.721 bits per heavy atom. The zero-order valence-corrected chi connectivity index (χ0v) is 35.2. The summed E-state index contributed by atoms with van der Waals surface area (Å²) in [6.07, 6.45) is 8.09. The van der Waals surface area contributed by atoms with E-state index in [9.17, 15) is 39.9 Å². The Morgan fingerprint density at radius 2 is 1.31 bits per heavy atom. The number of carboxylic acid groups (broad SMARTS) is 3. The van der Waals surface area contributed by atoms with E-state index in [-0.39, 0.29) is 31.4 Å². The van der Waals surface area contributed by atoms with E-state index < -0.39 is 35.0 Å². The smallest absolute Gasteiger partial charge is 0.317 e. The van der Waals surface area contributed by atoms with Crippen molar-refractivity contribution in [1.82, 2.24) is 29.1 Å². The van der Waals surface area contributed by atoms with Crippen molar-refractivity contribution in [2.45, 2.75) is 87.5 Å². The van der Waals surface area contributed by atoms with Crippen molar-refractivity contribution in [3.05, 3.63) is 58.8 Å². The number of carboxylic acids is 3. The normalized spacial score (nSPS) is 27.5. The number of rotatable bonds is 15. The number of aliphatic hydroxyl groups is 1. The molecule has 3 aromatic rings. The summed E-state index contributed by atoms with van der Waals surface area (Å²) in [5.41, 5.74) is 4.03. The van der Waals surface area contributed by atoms with Gasteiger partial charge in [0.25, 0.3) is 0 Å². The number of aromatic nitrogens is 1. The molecule has 2 saturated heterocycles. The molecule has 1 spiro atoms. The molecule has 2 aromatic carbocycles. The minimum atomic E-state index is -1.03.